The van der Waals surface area contributed by atoms with Gasteiger partial charge in [-0.15, -0.1) is 0 Å². The van der Waals surface area contributed by atoms with E-state index in [1.165, 1.54) is 18.2 Å². The Morgan fingerprint density at radius 1 is 1.16 bits per heavy atom. The lowest BCUT2D eigenvalue weighted by atomic mass is 10.1. The fraction of sp³-hybridized carbons (Fsp3) is 0.0588. The summed E-state index contributed by atoms with van der Waals surface area (Å²) in [5, 5.41) is 14.4. The van der Waals surface area contributed by atoms with Gasteiger partial charge in [0.25, 0.3) is 11.6 Å². The maximum Gasteiger partial charge on any atom is 0.269 e. The molecule has 0 fully saturated rings. The lowest BCUT2D eigenvalue weighted by Crippen LogP contribution is -2.07. The summed E-state index contributed by atoms with van der Waals surface area (Å²) >= 11 is 3.65. The standard InChI is InChI=1S/C17H15N3O4S/c21-17(19-25)10-7-13-1-3-14(4-2-13)11-18-24-12-15-5-8-16(9-6-15)20(22)23/h1-11,25H,12H2,(H,19,21). The second-order valence-electron chi connectivity index (χ2n) is 4.91. The average molecular weight is 357 g/mol. The molecule has 0 radical (unpaired) electrons. The molecule has 0 heterocycles. The van der Waals surface area contributed by atoms with E-state index in [0.717, 1.165) is 16.7 Å². The Labute approximate surface area is 149 Å². The van der Waals surface area contributed by atoms with Crippen molar-refractivity contribution in [2.45, 2.75) is 6.61 Å². The normalized spacial score (nSPS) is 10.9. The highest BCUT2D eigenvalue weighted by Crippen LogP contribution is 2.12. The molecule has 1 amide bonds. The van der Waals surface area contributed by atoms with Gasteiger partial charge in [-0.1, -0.05) is 42.2 Å². The third-order valence-electron chi connectivity index (χ3n) is 3.13. The first kappa shape index (κ1) is 18.2. The van der Waals surface area contributed by atoms with Crippen LogP contribution in [0.15, 0.2) is 59.8 Å². The van der Waals surface area contributed by atoms with Crippen LogP contribution in [0.2, 0.25) is 0 Å². The highest BCUT2D eigenvalue weighted by atomic mass is 32.1. The maximum atomic E-state index is 11.1. The van der Waals surface area contributed by atoms with Crippen LogP contribution in [0, 0.1) is 10.1 Å². The van der Waals surface area contributed by atoms with Gasteiger partial charge in [0.05, 0.1) is 11.1 Å². The van der Waals surface area contributed by atoms with Crippen LogP contribution >= 0.6 is 12.8 Å². The number of nitro groups is 1. The minimum atomic E-state index is -0.452. The van der Waals surface area contributed by atoms with Crippen LogP contribution in [0.25, 0.3) is 6.08 Å². The van der Waals surface area contributed by atoms with Gasteiger partial charge in [-0.2, -0.15) is 0 Å². The Bertz CT molecular complexity index is 787. The summed E-state index contributed by atoms with van der Waals surface area (Å²) < 4.78 is 2.20. The average Bonchev–Trinajstić information content (AvgIpc) is 2.64. The third-order valence-corrected chi connectivity index (χ3v) is 3.35. The van der Waals surface area contributed by atoms with Gasteiger partial charge < -0.3 is 4.84 Å². The van der Waals surface area contributed by atoms with Crippen molar-refractivity contribution >= 4 is 36.7 Å². The number of thiol groups is 1. The molecular formula is C17H15N3O4S. The van der Waals surface area contributed by atoms with Crippen molar-refractivity contribution in [3.63, 3.8) is 0 Å². The second-order valence-corrected chi connectivity index (χ2v) is 5.13. The predicted octanol–water partition coefficient (Wildman–Crippen LogP) is 3.12. The van der Waals surface area contributed by atoms with Gasteiger partial charge in [0.2, 0.25) is 0 Å². The van der Waals surface area contributed by atoms with Crippen LogP contribution < -0.4 is 4.72 Å². The molecule has 0 saturated heterocycles. The first-order valence-corrected chi connectivity index (χ1v) is 7.64. The van der Waals surface area contributed by atoms with Crippen molar-refractivity contribution in [3.05, 3.63) is 81.4 Å². The molecule has 0 aliphatic heterocycles. The fourth-order valence-corrected chi connectivity index (χ4v) is 1.90. The van der Waals surface area contributed by atoms with E-state index in [4.69, 9.17) is 4.84 Å². The molecular weight excluding hydrogens is 342 g/mol. The topological polar surface area (TPSA) is 93.8 Å². The summed E-state index contributed by atoms with van der Waals surface area (Å²) in [7, 11) is 0. The molecule has 0 atom stereocenters. The van der Waals surface area contributed by atoms with Gasteiger partial charge in [-0.3, -0.25) is 19.6 Å². The summed E-state index contributed by atoms with van der Waals surface area (Å²) in [5.74, 6) is -0.298. The number of hydrogen-bond acceptors (Lipinski definition) is 6. The third kappa shape index (κ3) is 6.11. The lowest BCUT2D eigenvalue weighted by Gasteiger charge is -2.00. The largest absolute Gasteiger partial charge is 0.391 e. The zero-order valence-corrected chi connectivity index (χ0v) is 13.9. The van der Waals surface area contributed by atoms with Crippen LogP contribution in [0.5, 0.6) is 0 Å². The Hall–Kier alpha value is -3.13. The monoisotopic (exact) mass is 357 g/mol. The SMILES string of the molecule is O=C(C=Cc1ccc(C=NOCc2ccc([N+](=O)[O-])cc2)cc1)NS. The number of nitrogens with zero attached hydrogens (tertiary/aromatic N) is 2. The predicted molar refractivity (Wildman–Crippen MR) is 98.1 cm³/mol. The number of benzene rings is 2. The van der Waals surface area contributed by atoms with Crippen LogP contribution in [0.4, 0.5) is 5.69 Å². The van der Waals surface area contributed by atoms with Crippen LogP contribution in [0.1, 0.15) is 16.7 Å². The summed E-state index contributed by atoms with van der Waals surface area (Å²) in [6.45, 7) is 0.216. The van der Waals surface area contributed by atoms with E-state index in [1.807, 2.05) is 24.3 Å². The van der Waals surface area contributed by atoms with Crippen LogP contribution in [-0.2, 0) is 16.2 Å². The van der Waals surface area contributed by atoms with E-state index >= 15 is 0 Å². The number of nitrogens with one attached hydrogen (secondary N) is 1. The molecule has 8 heteroatoms. The Balaban J connectivity index is 1.84. The number of amides is 1. The van der Waals surface area contributed by atoms with E-state index in [1.54, 1.807) is 24.4 Å². The van der Waals surface area contributed by atoms with Crippen molar-refractivity contribution in [2.24, 2.45) is 5.16 Å². The number of non-ortho nitro benzene ring substituents is 1. The van der Waals surface area contributed by atoms with Gasteiger partial charge in [0.1, 0.15) is 6.61 Å². The zero-order chi connectivity index (χ0) is 18.1. The highest BCUT2D eigenvalue weighted by Gasteiger charge is 2.03. The summed E-state index contributed by atoms with van der Waals surface area (Å²) in [5.41, 5.74) is 2.51. The van der Waals surface area contributed by atoms with Gasteiger partial charge in [0, 0.05) is 18.2 Å². The van der Waals surface area contributed by atoms with Gasteiger partial charge in [-0.05, 0) is 34.9 Å². The molecule has 0 aromatic heterocycles. The Kier molecular flexibility index (Phi) is 6.73. The molecule has 0 saturated carbocycles. The summed E-state index contributed by atoms with van der Waals surface area (Å²) in [6, 6.07) is 13.4. The van der Waals surface area contributed by atoms with Crippen molar-refractivity contribution < 1.29 is 14.6 Å². The number of oxime groups is 1. The molecule has 128 valence electrons. The van der Waals surface area contributed by atoms with E-state index in [-0.39, 0.29) is 18.2 Å². The first-order valence-electron chi connectivity index (χ1n) is 7.19. The molecule has 2 aromatic carbocycles. The highest BCUT2D eigenvalue weighted by molar-refractivity contribution is 7.78. The smallest absolute Gasteiger partial charge is 0.269 e. The Morgan fingerprint density at radius 3 is 2.40 bits per heavy atom. The van der Waals surface area contributed by atoms with Crippen molar-refractivity contribution in [2.75, 3.05) is 0 Å². The van der Waals surface area contributed by atoms with Crippen LogP contribution in [0.3, 0.4) is 0 Å². The Morgan fingerprint density at radius 2 is 1.80 bits per heavy atom. The maximum absolute atomic E-state index is 11.1. The van der Waals surface area contributed by atoms with E-state index in [0.29, 0.717) is 0 Å². The summed E-state index contributed by atoms with van der Waals surface area (Å²) in [6.07, 6.45) is 4.60. The minimum absolute atomic E-state index is 0.0354. The molecule has 1 N–H and O–H groups in total. The quantitative estimate of drug-likeness (QED) is 0.262. The number of carbonyl (C=O) groups is 1. The second kappa shape index (κ2) is 9.24. The van der Waals surface area contributed by atoms with Crippen molar-refractivity contribution in [3.8, 4) is 0 Å². The molecule has 0 aliphatic carbocycles. The fourth-order valence-electron chi connectivity index (χ4n) is 1.83. The number of hydrogen-bond donors (Lipinski definition) is 2. The summed E-state index contributed by atoms with van der Waals surface area (Å²) in [4.78, 5) is 26.3. The van der Waals surface area contributed by atoms with E-state index < -0.39 is 4.92 Å². The lowest BCUT2D eigenvalue weighted by molar-refractivity contribution is -0.384. The molecule has 0 bridgehead atoms. The number of carbonyl (C=O) groups excluding carboxylic acids is 1. The molecule has 2 aromatic rings. The number of nitro benzene ring substituents is 1. The molecule has 0 aliphatic rings. The van der Waals surface area contributed by atoms with Crippen LogP contribution in [-0.4, -0.2) is 17.0 Å². The molecule has 25 heavy (non-hydrogen) atoms. The van der Waals surface area contributed by atoms with Crippen molar-refractivity contribution in [1.29, 1.82) is 0 Å². The molecule has 0 unspecified atom stereocenters. The van der Waals surface area contributed by atoms with Gasteiger partial charge >= 0.3 is 0 Å². The molecule has 2 rings (SSSR count). The van der Waals surface area contributed by atoms with E-state index in [9.17, 15) is 14.9 Å². The first-order chi connectivity index (χ1) is 12.1. The van der Waals surface area contributed by atoms with Gasteiger partial charge in [0.15, 0.2) is 0 Å². The molecule has 0 spiro atoms. The molecule has 7 nitrogen and oxygen atoms in total. The van der Waals surface area contributed by atoms with Gasteiger partial charge in [-0.25, -0.2) is 0 Å². The van der Waals surface area contributed by atoms with Crippen molar-refractivity contribution in [1.82, 2.24) is 4.72 Å². The number of rotatable bonds is 7. The zero-order valence-electron chi connectivity index (χ0n) is 13.0. The van der Waals surface area contributed by atoms with E-state index in [2.05, 4.69) is 22.7 Å². The minimum Gasteiger partial charge on any atom is -0.391 e.